The molecule has 0 saturated carbocycles. The summed E-state index contributed by atoms with van der Waals surface area (Å²) in [7, 11) is 0. The molecule has 0 spiro atoms. The monoisotopic (exact) mass is 283 g/mol. The van der Waals surface area contributed by atoms with E-state index in [1.807, 2.05) is 6.07 Å². The Bertz CT molecular complexity index is 529. The van der Waals surface area contributed by atoms with Crippen molar-refractivity contribution >= 4 is 22.9 Å². The van der Waals surface area contributed by atoms with E-state index in [0.717, 1.165) is 10.5 Å². The number of benzene rings is 1. The maximum Gasteiger partial charge on any atom is 0.408 e. The number of carbonyl (C=O) groups is 2. The molecule has 1 unspecified atom stereocenters. The molecule has 102 valence electrons. The van der Waals surface area contributed by atoms with E-state index >= 15 is 0 Å². The minimum Gasteiger partial charge on any atom is -0.485 e. The molecule has 1 aromatic carbocycles. The predicted molar refractivity (Wildman–Crippen MR) is 69.5 cm³/mol. The summed E-state index contributed by atoms with van der Waals surface area (Å²) in [5, 5.41) is 8.58. The van der Waals surface area contributed by atoms with E-state index in [1.165, 1.54) is 0 Å². The average molecular weight is 284 g/mol. The molecule has 0 radical (unpaired) electrons. The van der Waals surface area contributed by atoms with Gasteiger partial charge >= 0.3 is 6.09 Å². The molecule has 0 saturated heterocycles. The predicted octanol–water partition coefficient (Wildman–Crippen LogP) is 2.64. The Labute approximate surface area is 115 Å². The van der Waals surface area contributed by atoms with Gasteiger partial charge in [0, 0.05) is 5.56 Å². The van der Waals surface area contributed by atoms with Crippen LogP contribution < -0.4 is 4.74 Å². The third-order valence-corrected chi connectivity index (χ3v) is 3.22. The van der Waals surface area contributed by atoms with Crippen molar-refractivity contribution in [2.24, 2.45) is 0 Å². The molecule has 1 aromatic rings. The van der Waals surface area contributed by atoms with Crippen molar-refractivity contribution in [3.05, 3.63) is 29.8 Å². The van der Waals surface area contributed by atoms with Crippen molar-refractivity contribution in [3.8, 4) is 5.75 Å². The van der Waals surface area contributed by atoms with Crippen LogP contribution in [0.3, 0.4) is 0 Å². The molecule has 1 amide bonds. The second-order valence-electron chi connectivity index (χ2n) is 4.91. The number of carboxylic acid groups (broad SMARTS) is 1. The average Bonchev–Trinajstić information content (AvgIpc) is 2.55. The quantitative estimate of drug-likeness (QED) is 0.866. The van der Waals surface area contributed by atoms with Crippen LogP contribution in [0.15, 0.2) is 24.3 Å². The molecule has 1 N–H and O–H groups in total. The highest BCUT2D eigenvalue weighted by Gasteiger charge is 2.46. The number of carbonyl (C=O) groups excluding carboxylic acids is 1. The van der Waals surface area contributed by atoms with Crippen molar-refractivity contribution in [2.45, 2.75) is 25.5 Å². The molecule has 0 aliphatic carbocycles. The lowest BCUT2D eigenvalue weighted by Crippen LogP contribution is -2.46. The second kappa shape index (κ2) is 4.74. The van der Waals surface area contributed by atoms with Gasteiger partial charge in [0.25, 0.3) is 0 Å². The van der Waals surface area contributed by atoms with E-state index < -0.39 is 23.0 Å². The molecule has 0 fully saturated rings. The van der Waals surface area contributed by atoms with Crippen LogP contribution in [-0.4, -0.2) is 33.5 Å². The lowest BCUT2D eigenvalue weighted by molar-refractivity contribution is -0.113. The third-order valence-electron chi connectivity index (χ3n) is 3.10. The molecule has 6 heteroatoms. The largest absolute Gasteiger partial charge is 0.485 e. The van der Waals surface area contributed by atoms with E-state index in [-0.39, 0.29) is 6.54 Å². The van der Waals surface area contributed by atoms with Crippen LogP contribution in [0.2, 0.25) is 0 Å². The Kier molecular flexibility index (Phi) is 3.41. The van der Waals surface area contributed by atoms with Gasteiger partial charge in [0.1, 0.15) is 17.4 Å². The molecule has 1 aliphatic heterocycles. The van der Waals surface area contributed by atoms with Gasteiger partial charge in [-0.05, 0) is 31.5 Å². The summed E-state index contributed by atoms with van der Waals surface area (Å²) in [5.74, 6) is 0.630. The summed E-state index contributed by atoms with van der Waals surface area (Å²) >= 11 is 5.33. The summed E-state index contributed by atoms with van der Waals surface area (Å²) in [5.41, 5.74) is -0.0122. The SMILES string of the molecule is CC1(C)Oc2ccccc2C1N(CC(=O)Cl)C(=O)O. The first-order chi connectivity index (χ1) is 8.83. The number of fused-ring (bicyclic) bond motifs is 1. The first kappa shape index (κ1) is 13.7. The molecule has 1 heterocycles. The highest BCUT2D eigenvalue weighted by molar-refractivity contribution is 6.64. The van der Waals surface area contributed by atoms with Gasteiger partial charge in [0.05, 0.1) is 6.54 Å². The van der Waals surface area contributed by atoms with E-state index in [2.05, 4.69) is 0 Å². The number of nitrogens with zero attached hydrogens (tertiary/aromatic N) is 1. The zero-order valence-electron chi connectivity index (χ0n) is 10.6. The first-order valence-corrected chi connectivity index (χ1v) is 6.16. The number of hydrogen-bond acceptors (Lipinski definition) is 3. The molecule has 1 aliphatic rings. The third kappa shape index (κ3) is 2.51. The van der Waals surface area contributed by atoms with Crippen molar-refractivity contribution in [3.63, 3.8) is 0 Å². The molecule has 1 atom stereocenters. The van der Waals surface area contributed by atoms with Crippen molar-refractivity contribution in [2.75, 3.05) is 6.54 Å². The van der Waals surface area contributed by atoms with Gasteiger partial charge < -0.3 is 9.84 Å². The van der Waals surface area contributed by atoms with Gasteiger partial charge in [-0.15, -0.1) is 0 Å². The number of hydrogen-bond donors (Lipinski definition) is 1. The van der Waals surface area contributed by atoms with Gasteiger partial charge in [0.15, 0.2) is 0 Å². The number of amides is 1. The zero-order valence-corrected chi connectivity index (χ0v) is 11.3. The molecular weight excluding hydrogens is 270 g/mol. The van der Waals surface area contributed by atoms with E-state index in [9.17, 15) is 14.7 Å². The van der Waals surface area contributed by atoms with Crippen LogP contribution in [-0.2, 0) is 4.79 Å². The standard InChI is InChI=1S/C13H14ClNO4/c1-13(2)11(15(12(17)18)7-10(14)16)8-5-3-4-6-9(8)19-13/h3-6,11H,7H2,1-2H3,(H,17,18). The molecule has 0 aromatic heterocycles. The minimum atomic E-state index is -1.20. The summed E-state index contributed by atoms with van der Waals surface area (Å²) < 4.78 is 5.76. The molecule has 5 nitrogen and oxygen atoms in total. The second-order valence-corrected chi connectivity index (χ2v) is 5.33. The molecule has 0 bridgehead atoms. The zero-order chi connectivity index (χ0) is 14.2. The fraction of sp³-hybridized carbons (Fsp3) is 0.385. The number of ether oxygens (including phenoxy) is 1. The lowest BCUT2D eigenvalue weighted by Gasteiger charge is -2.33. The van der Waals surface area contributed by atoms with Crippen LogP contribution in [0.25, 0.3) is 0 Å². The minimum absolute atomic E-state index is 0.372. The fourth-order valence-corrected chi connectivity index (χ4v) is 2.59. The van der Waals surface area contributed by atoms with Crippen LogP contribution in [0, 0.1) is 0 Å². The van der Waals surface area contributed by atoms with Crippen LogP contribution in [0.5, 0.6) is 5.75 Å². The van der Waals surface area contributed by atoms with E-state index in [1.54, 1.807) is 32.0 Å². The smallest absolute Gasteiger partial charge is 0.408 e. The van der Waals surface area contributed by atoms with Crippen LogP contribution in [0.4, 0.5) is 4.79 Å². The fourth-order valence-electron chi connectivity index (χ4n) is 2.46. The Morgan fingerprint density at radius 2 is 2.05 bits per heavy atom. The Hall–Kier alpha value is -1.75. The van der Waals surface area contributed by atoms with Gasteiger partial charge in [-0.1, -0.05) is 18.2 Å². The van der Waals surface area contributed by atoms with E-state index in [0.29, 0.717) is 5.75 Å². The normalized spacial score (nSPS) is 19.4. The first-order valence-electron chi connectivity index (χ1n) is 5.79. The van der Waals surface area contributed by atoms with Crippen molar-refractivity contribution < 1.29 is 19.4 Å². The Morgan fingerprint density at radius 3 is 2.63 bits per heavy atom. The summed E-state index contributed by atoms with van der Waals surface area (Å²) in [6.45, 7) is 3.20. The number of halogens is 1. The van der Waals surface area contributed by atoms with Gasteiger partial charge in [-0.3, -0.25) is 9.69 Å². The highest BCUT2D eigenvalue weighted by Crippen LogP contribution is 2.46. The molecular formula is C13H14ClNO4. The molecule has 2 rings (SSSR count). The Morgan fingerprint density at radius 1 is 1.42 bits per heavy atom. The van der Waals surface area contributed by atoms with E-state index in [4.69, 9.17) is 16.3 Å². The van der Waals surface area contributed by atoms with Crippen molar-refractivity contribution in [1.82, 2.24) is 4.90 Å². The number of rotatable bonds is 3. The Balaban J connectivity index is 2.45. The van der Waals surface area contributed by atoms with Gasteiger partial charge in [-0.25, -0.2) is 4.79 Å². The van der Waals surface area contributed by atoms with Gasteiger partial charge in [-0.2, -0.15) is 0 Å². The molecule has 19 heavy (non-hydrogen) atoms. The topological polar surface area (TPSA) is 66.8 Å². The summed E-state index contributed by atoms with van der Waals surface area (Å²) in [4.78, 5) is 23.5. The maximum atomic E-state index is 11.4. The number of para-hydroxylation sites is 1. The van der Waals surface area contributed by atoms with Crippen LogP contribution in [0.1, 0.15) is 25.5 Å². The highest BCUT2D eigenvalue weighted by atomic mass is 35.5. The lowest BCUT2D eigenvalue weighted by atomic mass is 9.93. The summed E-state index contributed by atoms with van der Waals surface area (Å²) in [6, 6.07) is 6.63. The summed E-state index contributed by atoms with van der Waals surface area (Å²) in [6.07, 6.45) is -1.20. The van der Waals surface area contributed by atoms with Gasteiger partial charge in [0.2, 0.25) is 5.24 Å². The van der Waals surface area contributed by atoms with Crippen LogP contribution >= 0.6 is 11.6 Å². The van der Waals surface area contributed by atoms with Crippen molar-refractivity contribution in [1.29, 1.82) is 0 Å². The maximum absolute atomic E-state index is 11.4.